The summed E-state index contributed by atoms with van der Waals surface area (Å²) in [6.45, 7) is 3.28. The summed E-state index contributed by atoms with van der Waals surface area (Å²) in [5, 5.41) is 0. The van der Waals surface area contributed by atoms with Crippen molar-refractivity contribution in [3.05, 3.63) is 35.9 Å². The Labute approximate surface area is 134 Å². The molecule has 2 aliphatic heterocycles. The van der Waals surface area contributed by atoms with E-state index in [0.717, 1.165) is 5.56 Å². The van der Waals surface area contributed by atoms with Gasteiger partial charge in [-0.1, -0.05) is 30.3 Å². The molecule has 0 aromatic heterocycles. The van der Waals surface area contributed by atoms with Crippen LogP contribution in [-0.2, 0) is 14.3 Å². The van der Waals surface area contributed by atoms with E-state index in [1.165, 1.54) is 0 Å². The van der Waals surface area contributed by atoms with Gasteiger partial charge in [-0.3, -0.25) is 9.59 Å². The maximum atomic E-state index is 12.5. The number of carbonyl (C=O) groups is 2. The Morgan fingerprint density at radius 2 is 2.09 bits per heavy atom. The van der Waals surface area contributed by atoms with E-state index >= 15 is 0 Å². The lowest BCUT2D eigenvalue weighted by Gasteiger charge is -2.37. The van der Waals surface area contributed by atoms with Crippen molar-refractivity contribution in [2.75, 3.05) is 31.3 Å². The lowest BCUT2D eigenvalue weighted by atomic mass is 10.1. The SMILES string of the molecule is C[C@H]1CN(C(=O)CN2CSCC2=O)C[C@H](c2ccccc2)O1. The topological polar surface area (TPSA) is 49.9 Å². The van der Waals surface area contributed by atoms with E-state index in [2.05, 4.69) is 0 Å². The summed E-state index contributed by atoms with van der Waals surface area (Å²) < 4.78 is 5.97. The van der Waals surface area contributed by atoms with Gasteiger partial charge in [0, 0.05) is 6.54 Å². The van der Waals surface area contributed by atoms with Gasteiger partial charge in [0.1, 0.15) is 12.6 Å². The molecule has 2 aliphatic rings. The van der Waals surface area contributed by atoms with Gasteiger partial charge in [0.25, 0.3) is 0 Å². The minimum absolute atomic E-state index is 0.00642. The molecule has 2 heterocycles. The van der Waals surface area contributed by atoms with Crippen molar-refractivity contribution in [3.63, 3.8) is 0 Å². The van der Waals surface area contributed by atoms with Crippen LogP contribution in [0.3, 0.4) is 0 Å². The zero-order valence-electron chi connectivity index (χ0n) is 12.6. The minimum Gasteiger partial charge on any atom is -0.367 e. The van der Waals surface area contributed by atoms with E-state index in [1.807, 2.05) is 42.2 Å². The van der Waals surface area contributed by atoms with Crippen LogP contribution < -0.4 is 0 Å². The van der Waals surface area contributed by atoms with Crippen molar-refractivity contribution in [1.29, 1.82) is 0 Å². The molecule has 0 spiro atoms. The molecule has 0 radical (unpaired) electrons. The standard InChI is InChI=1S/C16H20N2O3S/c1-12-7-17(15(19)9-18-11-22-10-16(18)20)8-14(21-12)13-5-3-2-4-6-13/h2-6,12,14H,7-11H2,1H3/t12-,14+/m0/s1. The van der Waals surface area contributed by atoms with Gasteiger partial charge >= 0.3 is 0 Å². The van der Waals surface area contributed by atoms with E-state index in [4.69, 9.17) is 4.74 Å². The molecule has 0 aliphatic carbocycles. The van der Waals surface area contributed by atoms with Crippen LogP contribution in [0.25, 0.3) is 0 Å². The number of carbonyl (C=O) groups excluding carboxylic acids is 2. The van der Waals surface area contributed by atoms with Crippen molar-refractivity contribution < 1.29 is 14.3 Å². The monoisotopic (exact) mass is 320 g/mol. The van der Waals surface area contributed by atoms with Crippen LogP contribution in [0.4, 0.5) is 0 Å². The maximum Gasteiger partial charge on any atom is 0.242 e. The van der Waals surface area contributed by atoms with Gasteiger partial charge in [-0.2, -0.15) is 0 Å². The molecule has 0 unspecified atom stereocenters. The molecular formula is C16H20N2O3S. The van der Waals surface area contributed by atoms with Gasteiger partial charge in [-0.15, -0.1) is 11.8 Å². The summed E-state index contributed by atoms with van der Waals surface area (Å²) in [6.07, 6.45) is -0.107. The Morgan fingerprint density at radius 3 is 2.77 bits per heavy atom. The largest absolute Gasteiger partial charge is 0.367 e. The number of amides is 2. The van der Waals surface area contributed by atoms with Gasteiger partial charge in [0.2, 0.25) is 11.8 Å². The fraction of sp³-hybridized carbons (Fsp3) is 0.500. The normalized spacial score (nSPS) is 25.6. The van der Waals surface area contributed by atoms with E-state index in [9.17, 15) is 9.59 Å². The molecule has 5 nitrogen and oxygen atoms in total. The van der Waals surface area contributed by atoms with Crippen LogP contribution in [0.5, 0.6) is 0 Å². The van der Waals surface area contributed by atoms with Gasteiger partial charge in [0.05, 0.1) is 24.3 Å². The van der Waals surface area contributed by atoms with Crippen LogP contribution in [0.2, 0.25) is 0 Å². The molecule has 2 amide bonds. The third-order valence-corrected chi connectivity index (χ3v) is 4.88. The second-order valence-electron chi connectivity index (χ2n) is 5.71. The van der Waals surface area contributed by atoms with Gasteiger partial charge < -0.3 is 14.5 Å². The fourth-order valence-electron chi connectivity index (χ4n) is 2.81. The first kappa shape index (κ1) is 15.4. The minimum atomic E-state index is -0.0995. The zero-order chi connectivity index (χ0) is 15.5. The summed E-state index contributed by atoms with van der Waals surface area (Å²) in [5.74, 6) is 1.16. The number of nitrogens with zero attached hydrogens (tertiary/aromatic N) is 2. The first-order valence-electron chi connectivity index (χ1n) is 7.47. The van der Waals surface area contributed by atoms with Crippen LogP contribution in [0.15, 0.2) is 30.3 Å². The summed E-state index contributed by atoms with van der Waals surface area (Å²) in [7, 11) is 0. The third-order valence-electron chi connectivity index (χ3n) is 3.94. The summed E-state index contributed by atoms with van der Waals surface area (Å²) in [4.78, 5) is 27.6. The number of hydrogen-bond acceptors (Lipinski definition) is 4. The summed E-state index contributed by atoms with van der Waals surface area (Å²) in [5.41, 5.74) is 1.08. The highest BCUT2D eigenvalue weighted by molar-refractivity contribution is 8.00. The number of morpholine rings is 1. The zero-order valence-corrected chi connectivity index (χ0v) is 13.4. The van der Waals surface area contributed by atoms with Crippen molar-refractivity contribution in [2.45, 2.75) is 19.1 Å². The molecule has 22 heavy (non-hydrogen) atoms. The molecule has 2 fully saturated rings. The quantitative estimate of drug-likeness (QED) is 0.847. The Kier molecular flexibility index (Phi) is 4.69. The Balaban J connectivity index is 1.65. The molecule has 0 bridgehead atoms. The van der Waals surface area contributed by atoms with Crippen molar-refractivity contribution in [3.8, 4) is 0 Å². The molecule has 6 heteroatoms. The van der Waals surface area contributed by atoms with Gasteiger partial charge in [-0.25, -0.2) is 0 Å². The number of hydrogen-bond donors (Lipinski definition) is 0. The molecule has 1 aromatic carbocycles. The lowest BCUT2D eigenvalue weighted by molar-refractivity contribution is -0.148. The molecule has 0 N–H and O–H groups in total. The summed E-state index contributed by atoms with van der Waals surface area (Å²) >= 11 is 1.56. The van der Waals surface area contributed by atoms with Crippen LogP contribution in [-0.4, -0.2) is 59.0 Å². The molecule has 2 atom stereocenters. The number of rotatable bonds is 3. The first-order valence-corrected chi connectivity index (χ1v) is 8.62. The Hall–Kier alpha value is -1.53. The fourth-order valence-corrected chi connectivity index (χ4v) is 3.71. The predicted molar refractivity (Wildman–Crippen MR) is 85.3 cm³/mol. The smallest absolute Gasteiger partial charge is 0.242 e. The number of benzene rings is 1. The molecule has 2 saturated heterocycles. The van der Waals surface area contributed by atoms with Crippen molar-refractivity contribution in [1.82, 2.24) is 9.80 Å². The number of ether oxygens (including phenoxy) is 1. The molecule has 0 saturated carbocycles. The lowest BCUT2D eigenvalue weighted by Crippen LogP contribution is -2.49. The second kappa shape index (κ2) is 6.71. The van der Waals surface area contributed by atoms with E-state index in [0.29, 0.717) is 24.7 Å². The molecular weight excluding hydrogens is 300 g/mol. The molecule has 118 valence electrons. The molecule has 3 rings (SSSR count). The van der Waals surface area contributed by atoms with Crippen molar-refractivity contribution in [2.24, 2.45) is 0 Å². The highest BCUT2D eigenvalue weighted by atomic mass is 32.2. The average Bonchev–Trinajstić information content (AvgIpc) is 2.92. The van der Waals surface area contributed by atoms with E-state index in [-0.39, 0.29) is 30.6 Å². The van der Waals surface area contributed by atoms with E-state index < -0.39 is 0 Å². The van der Waals surface area contributed by atoms with E-state index in [1.54, 1.807) is 16.7 Å². The van der Waals surface area contributed by atoms with Crippen LogP contribution in [0.1, 0.15) is 18.6 Å². The van der Waals surface area contributed by atoms with Crippen LogP contribution in [0, 0.1) is 0 Å². The average molecular weight is 320 g/mol. The summed E-state index contributed by atoms with van der Waals surface area (Å²) in [6, 6.07) is 9.96. The van der Waals surface area contributed by atoms with Crippen molar-refractivity contribution >= 4 is 23.6 Å². The third kappa shape index (κ3) is 3.44. The Morgan fingerprint density at radius 1 is 1.32 bits per heavy atom. The highest BCUT2D eigenvalue weighted by Gasteiger charge is 2.31. The first-order chi connectivity index (χ1) is 10.6. The van der Waals surface area contributed by atoms with Crippen LogP contribution >= 0.6 is 11.8 Å². The van der Waals surface area contributed by atoms with Gasteiger partial charge in [-0.05, 0) is 12.5 Å². The Bertz CT molecular complexity index is 552. The second-order valence-corrected chi connectivity index (χ2v) is 6.67. The maximum absolute atomic E-state index is 12.5. The highest BCUT2D eigenvalue weighted by Crippen LogP contribution is 2.25. The molecule has 1 aromatic rings. The number of thioether (sulfide) groups is 1. The van der Waals surface area contributed by atoms with Gasteiger partial charge in [0.15, 0.2) is 0 Å². The predicted octanol–water partition coefficient (Wildman–Crippen LogP) is 1.51.